The molecular weight excluding hydrogens is 194 g/mol. The molecule has 41 valence electrons. The minimum atomic E-state index is 0.167. The minimum absolute atomic E-state index is 0.167. The number of carbonyl (C=O) groups is 1. The van der Waals surface area contributed by atoms with Crippen LogP contribution in [0.5, 0.6) is 0 Å². The Morgan fingerprint density at radius 3 is 1.50 bits per heavy atom. The zero-order valence-electron chi connectivity index (χ0n) is 3.60. The summed E-state index contributed by atoms with van der Waals surface area (Å²) in [6.07, 6.45) is 0. The van der Waals surface area contributed by atoms with E-state index in [2.05, 4.69) is 27.7 Å². The van der Waals surface area contributed by atoms with Gasteiger partial charge in [-0.05, 0) is 13.8 Å². The predicted molar refractivity (Wildman–Crippen MR) is 22.2 cm³/mol. The zero-order valence-corrected chi connectivity index (χ0v) is 5.91. The van der Waals surface area contributed by atoms with Crippen LogP contribution in [-0.4, -0.2) is 5.78 Å². The zero-order chi connectivity index (χ0) is 5.58. The molecule has 0 amide bonds. The van der Waals surface area contributed by atoms with Gasteiger partial charge in [-0.2, -0.15) is 0 Å². The number of rotatable bonds is 0. The summed E-state index contributed by atoms with van der Waals surface area (Å²) < 4.78 is 0. The van der Waals surface area contributed by atoms with Crippen molar-refractivity contribution in [1.29, 1.82) is 0 Å². The first-order valence-electron chi connectivity index (χ1n) is 1.32. The molecule has 0 aliphatic heterocycles. The Morgan fingerprint density at radius 2 is 1.50 bits per heavy atom. The Kier molecular flexibility index (Phi) is 14.9. The number of hydrogen-bond acceptors (Lipinski definition) is 1. The number of carbonyl (C=O) groups excluding carboxylic acids is 1. The fourth-order valence-electron chi connectivity index (χ4n) is 0. The molecular formula is C3H6ClOPd. The standard InChI is InChI=1S/C3H6O.ClH.Pd/c1-3(2)4;;/h1-2H3;1H;/q;;+1/p-1. The van der Waals surface area contributed by atoms with Crippen molar-refractivity contribution >= 4 is 15.3 Å². The van der Waals surface area contributed by atoms with Gasteiger partial charge in [0.2, 0.25) is 0 Å². The molecule has 0 spiro atoms. The summed E-state index contributed by atoms with van der Waals surface area (Å²) in [5.74, 6) is 0.167. The fraction of sp³-hybridized carbons (Fsp3) is 0.667. The van der Waals surface area contributed by atoms with E-state index in [-0.39, 0.29) is 5.78 Å². The number of Topliss-reactive ketones (excluding diaryl/α,β-unsaturated/α-hetero) is 1. The Bertz CT molecular complexity index is 33.8. The van der Waals surface area contributed by atoms with Gasteiger partial charge in [0, 0.05) is 0 Å². The molecule has 0 aromatic rings. The van der Waals surface area contributed by atoms with E-state index >= 15 is 0 Å². The van der Waals surface area contributed by atoms with Gasteiger partial charge >= 0.3 is 27.7 Å². The Morgan fingerprint density at radius 1 is 1.50 bits per heavy atom. The summed E-state index contributed by atoms with van der Waals surface area (Å²) in [5.41, 5.74) is 0. The molecule has 1 nitrogen and oxygen atoms in total. The average molecular weight is 200 g/mol. The first-order valence-corrected chi connectivity index (χ1v) is 3.33. The van der Waals surface area contributed by atoms with Crippen molar-refractivity contribution in [2.24, 2.45) is 0 Å². The summed E-state index contributed by atoms with van der Waals surface area (Å²) in [7, 11) is 4.49. The fourth-order valence-corrected chi connectivity index (χ4v) is 0. The van der Waals surface area contributed by atoms with Crippen LogP contribution in [0.1, 0.15) is 13.8 Å². The van der Waals surface area contributed by atoms with Crippen molar-refractivity contribution in [3.8, 4) is 0 Å². The molecule has 6 heavy (non-hydrogen) atoms. The van der Waals surface area contributed by atoms with Crippen LogP contribution in [0.15, 0.2) is 0 Å². The third kappa shape index (κ3) is 157. The SMILES string of the molecule is CC(C)=O.[Cl][Pd]. The van der Waals surface area contributed by atoms with Gasteiger partial charge in [0.25, 0.3) is 0 Å². The third-order valence-electron chi connectivity index (χ3n) is 0. The molecule has 0 aromatic heterocycles. The summed E-state index contributed by atoms with van der Waals surface area (Å²) in [4.78, 5) is 9.44. The van der Waals surface area contributed by atoms with Crippen LogP contribution in [0.3, 0.4) is 0 Å². The monoisotopic (exact) mass is 199 g/mol. The molecule has 0 saturated heterocycles. The maximum atomic E-state index is 9.44. The van der Waals surface area contributed by atoms with Crippen molar-refractivity contribution in [2.45, 2.75) is 13.8 Å². The van der Waals surface area contributed by atoms with E-state index in [1.165, 1.54) is 13.8 Å². The maximum absolute atomic E-state index is 9.44. The van der Waals surface area contributed by atoms with E-state index < -0.39 is 0 Å². The van der Waals surface area contributed by atoms with Crippen LogP contribution in [0, 0.1) is 0 Å². The molecule has 0 atom stereocenters. The van der Waals surface area contributed by atoms with E-state index in [1.807, 2.05) is 0 Å². The van der Waals surface area contributed by atoms with Crippen LogP contribution in [0.4, 0.5) is 0 Å². The summed E-state index contributed by atoms with van der Waals surface area (Å²) in [6, 6.07) is 0. The van der Waals surface area contributed by atoms with E-state index in [0.717, 1.165) is 0 Å². The second-order valence-corrected chi connectivity index (χ2v) is 0.908. The Hall–Kier alpha value is 0.622. The second kappa shape index (κ2) is 9.16. The first kappa shape index (κ1) is 9.80. The van der Waals surface area contributed by atoms with Gasteiger partial charge in [0.1, 0.15) is 5.78 Å². The number of hydrogen-bond donors (Lipinski definition) is 0. The molecule has 0 fully saturated rings. The molecule has 0 bridgehead atoms. The van der Waals surface area contributed by atoms with Gasteiger partial charge in [-0.1, -0.05) is 0 Å². The van der Waals surface area contributed by atoms with E-state index in [0.29, 0.717) is 0 Å². The van der Waals surface area contributed by atoms with Crippen molar-refractivity contribution < 1.29 is 23.0 Å². The van der Waals surface area contributed by atoms with Gasteiger partial charge in [-0.3, -0.25) is 0 Å². The van der Waals surface area contributed by atoms with Gasteiger partial charge in [-0.15, -0.1) is 0 Å². The quantitative estimate of drug-likeness (QED) is 0.538. The molecule has 3 heteroatoms. The molecule has 0 heterocycles. The first-order chi connectivity index (χ1) is 2.73. The third-order valence-corrected chi connectivity index (χ3v) is 0. The Labute approximate surface area is 52.4 Å². The van der Waals surface area contributed by atoms with Crippen molar-refractivity contribution in [2.75, 3.05) is 0 Å². The van der Waals surface area contributed by atoms with Gasteiger partial charge < -0.3 is 4.79 Å². The van der Waals surface area contributed by atoms with Crippen molar-refractivity contribution in [3.05, 3.63) is 0 Å². The molecule has 0 radical (unpaired) electrons. The molecule has 0 saturated carbocycles. The van der Waals surface area contributed by atoms with Gasteiger partial charge in [-0.25, -0.2) is 0 Å². The van der Waals surface area contributed by atoms with E-state index in [1.54, 1.807) is 0 Å². The van der Waals surface area contributed by atoms with Crippen LogP contribution in [0.2, 0.25) is 0 Å². The summed E-state index contributed by atoms with van der Waals surface area (Å²) in [6.45, 7) is 3.06. The summed E-state index contributed by atoms with van der Waals surface area (Å²) >= 11 is 2.22. The van der Waals surface area contributed by atoms with Crippen LogP contribution < -0.4 is 0 Å². The van der Waals surface area contributed by atoms with Crippen molar-refractivity contribution in [1.82, 2.24) is 0 Å². The van der Waals surface area contributed by atoms with Crippen LogP contribution in [-0.2, 0) is 23.0 Å². The molecule has 0 N–H and O–H groups in total. The number of ketones is 1. The summed E-state index contributed by atoms with van der Waals surface area (Å²) in [5, 5.41) is 0. The average Bonchev–Trinajstić information content (AvgIpc) is 1.41. The van der Waals surface area contributed by atoms with Gasteiger partial charge in [0.15, 0.2) is 0 Å². The second-order valence-electron chi connectivity index (χ2n) is 0.908. The topological polar surface area (TPSA) is 17.1 Å². The van der Waals surface area contributed by atoms with E-state index in [9.17, 15) is 4.79 Å². The van der Waals surface area contributed by atoms with E-state index in [4.69, 9.17) is 0 Å². The molecule has 0 aliphatic rings. The Balaban J connectivity index is 0. The molecule has 0 aliphatic carbocycles. The van der Waals surface area contributed by atoms with Crippen molar-refractivity contribution in [3.63, 3.8) is 0 Å². The number of halogens is 1. The van der Waals surface area contributed by atoms with Crippen LogP contribution in [0.25, 0.3) is 0 Å². The normalized spacial score (nSPS) is 5.50. The molecule has 0 aromatic carbocycles. The molecule has 0 rings (SSSR count). The molecule has 0 unspecified atom stereocenters. The van der Waals surface area contributed by atoms with Gasteiger partial charge in [0.05, 0.1) is 0 Å². The predicted octanol–water partition coefficient (Wildman–Crippen LogP) is 1.28. The van der Waals surface area contributed by atoms with Crippen LogP contribution >= 0.6 is 9.53 Å².